The van der Waals surface area contributed by atoms with Crippen molar-refractivity contribution in [2.45, 2.75) is 97.2 Å². The predicted molar refractivity (Wildman–Crippen MR) is 319 cm³/mol. The average Bonchev–Trinajstić information content (AvgIpc) is 2.69. The molecule has 0 radical (unpaired) electrons. The molecule has 85 heavy (non-hydrogen) atoms. The highest BCUT2D eigenvalue weighted by atomic mass is 32.2. The zero-order valence-corrected chi connectivity index (χ0v) is 48.7. The highest BCUT2D eigenvalue weighted by Crippen LogP contribution is 2.46. The summed E-state index contributed by atoms with van der Waals surface area (Å²) in [4.78, 5) is 53.5. The number of piperidine rings is 2. The lowest BCUT2D eigenvalue weighted by atomic mass is 9.88. The van der Waals surface area contributed by atoms with Gasteiger partial charge in [-0.1, -0.05) is 91.0 Å². The minimum absolute atomic E-state index is 0.00129. The van der Waals surface area contributed by atoms with Crippen LogP contribution in [-0.2, 0) is 29.3 Å². The summed E-state index contributed by atoms with van der Waals surface area (Å²) in [6, 6.07) is 36.8. The maximum absolute atomic E-state index is 13.0. The number of carbonyl (C=O) groups excluding carboxylic acids is 2. The van der Waals surface area contributed by atoms with Gasteiger partial charge in [-0.2, -0.15) is 24.7 Å². The number of sulfone groups is 2. The summed E-state index contributed by atoms with van der Waals surface area (Å²) in [6.45, 7) is 0. The van der Waals surface area contributed by atoms with Gasteiger partial charge in [-0.25, -0.2) is 41.9 Å². The van der Waals surface area contributed by atoms with Crippen LogP contribution in [0.4, 0.5) is 21.2 Å². The summed E-state index contributed by atoms with van der Waals surface area (Å²) in [6.07, 6.45) is 15.4. The number of anilines is 2. The third-order valence-corrected chi connectivity index (χ3v) is 18.2. The molecule has 6 aromatic heterocycles. The van der Waals surface area contributed by atoms with Crippen LogP contribution in [0.15, 0.2) is 150 Å². The van der Waals surface area contributed by atoms with Gasteiger partial charge in [-0.3, -0.25) is 19.6 Å². The number of nitrogens with two attached hydrogens (primary N) is 2. The number of para-hydroxylation sites is 1. The van der Waals surface area contributed by atoms with Crippen molar-refractivity contribution < 1.29 is 40.8 Å². The maximum Gasteiger partial charge on any atom is 0.436 e. The van der Waals surface area contributed by atoms with Gasteiger partial charge in [0.25, 0.3) is 0 Å². The molecular weight excluding hydrogens is 1120 g/mol. The number of pyridine rings is 2. The number of hydrogen-bond acceptors (Lipinski definition) is 18. The van der Waals surface area contributed by atoms with E-state index in [0.717, 1.165) is 84.0 Å². The van der Waals surface area contributed by atoms with Crippen LogP contribution < -0.4 is 32.5 Å². The first-order valence-corrected chi connectivity index (χ1v) is 31.5. The normalized spacial score (nSPS) is 19.8. The van der Waals surface area contributed by atoms with Crippen molar-refractivity contribution >= 4 is 54.7 Å². The Morgan fingerprint density at radius 1 is 0.553 bits per heavy atom. The van der Waals surface area contributed by atoms with Crippen LogP contribution in [-0.4, -0.2) is 124 Å². The molecule has 9 aromatic rings. The lowest BCUT2D eigenvalue weighted by Gasteiger charge is -2.38. The Morgan fingerprint density at radius 3 is 1.40 bits per heavy atom. The van der Waals surface area contributed by atoms with Crippen LogP contribution in [0.25, 0.3) is 56.1 Å². The number of ether oxygens (including phenoxy) is 1. The lowest BCUT2D eigenvalue weighted by Crippen LogP contribution is -2.50. The molecule has 4 aliphatic rings. The van der Waals surface area contributed by atoms with E-state index in [0.29, 0.717) is 58.9 Å². The molecule has 6 atom stereocenters. The van der Waals surface area contributed by atoms with Crippen LogP contribution in [0.1, 0.15) is 74.6 Å². The minimum Gasteiger partial charge on any atom is -0.409 e. The molecule has 2 unspecified atom stereocenters. The SMILES string of the molecule is CONC(=O)N1[C@@H]2CC[C@H]1CC(c1nc3c(-c4ccc(-c5ccccc5)nc4)cnn3c(N)c1S(C)(=O)=O)C2.CONC(=O)Oc1ccccc1.CS(=O)(=O)c1c(C2C[C@H]3CC[C@@H](C2)N3)nc2c(-c3ccc(-c4ccccc4)nc3)cnn2c1N. The standard InChI is InChI=1S/C27H29N7O4S.C25H26N6O2S.C8H9NO3/c1-38-32-27(35)33-19-9-10-20(33)13-18(12-19)23-24(39(2,36)37)25(28)34-26(31-23)21(15-30-34)17-8-11-22(29-14-17)16-6-4-3-5-7-16;1-34(32,33)23-22(17-11-18-8-9-19(12-17)29-18)30-25-20(14-28-31(25)24(23)26)16-7-10-21(27-13-16)15-5-3-2-4-6-15;1-11-9-8(10)12-7-5-3-2-4-6-7/h3-8,11,14-15,18-20H,9-10,12-13,28H2,1-2H3,(H,32,35);2-7,10,13-14,17-19,29H,8-9,11-12,26H2,1H3;2-6H,1H3,(H,9,10)/t18?,19-,20+;17?,18-,19+;. The first-order valence-electron chi connectivity index (χ1n) is 27.7. The summed E-state index contributed by atoms with van der Waals surface area (Å²) in [7, 11) is -4.57. The van der Waals surface area contributed by atoms with E-state index in [-0.39, 0.29) is 51.4 Å². The molecule has 3 aromatic carbocycles. The summed E-state index contributed by atoms with van der Waals surface area (Å²) in [5.74, 6) is 0.481. The number of nitrogen functional groups attached to an aromatic ring is 2. The van der Waals surface area contributed by atoms with Crippen molar-refractivity contribution in [2.75, 3.05) is 38.2 Å². The van der Waals surface area contributed by atoms with Crippen molar-refractivity contribution in [3.63, 3.8) is 0 Å². The fourth-order valence-corrected chi connectivity index (χ4v) is 14.4. The van der Waals surface area contributed by atoms with E-state index in [2.05, 4.69) is 35.8 Å². The average molecular weight is 1190 g/mol. The van der Waals surface area contributed by atoms with Crippen molar-refractivity contribution in [1.82, 2.24) is 60.3 Å². The first-order chi connectivity index (χ1) is 41.0. The molecule has 10 heterocycles. The third kappa shape index (κ3) is 12.2. The van der Waals surface area contributed by atoms with Gasteiger partial charge in [0, 0.05) is 94.3 Å². The Kier molecular flexibility index (Phi) is 16.6. The molecule has 13 rings (SSSR count). The smallest absolute Gasteiger partial charge is 0.409 e. The molecule has 7 N–H and O–H groups in total. The number of nitrogens with one attached hydrogen (secondary N) is 3. The molecule has 0 spiro atoms. The van der Waals surface area contributed by atoms with Gasteiger partial charge in [0.1, 0.15) is 27.2 Å². The molecule has 4 fully saturated rings. The second-order valence-electron chi connectivity index (χ2n) is 21.5. The Labute approximate surface area is 490 Å². The van der Waals surface area contributed by atoms with E-state index in [1.807, 2.05) is 101 Å². The van der Waals surface area contributed by atoms with Crippen LogP contribution in [0.3, 0.4) is 0 Å². The monoisotopic (exact) mass is 1190 g/mol. The number of nitrogens with zero attached hydrogens (tertiary/aromatic N) is 9. The Bertz CT molecular complexity index is 4100. The van der Waals surface area contributed by atoms with E-state index < -0.39 is 25.8 Å². The topological polar surface area (TPSA) is 308 Å². The van der Waals surface area contributed by atoms with Gasteiger partial charge < -0.3 is 26.4 Å². The number of hydrogen-bond donors (Lipinski definition) is 5. The second kappa shape index (κ2) is 24.4. The number of hydroxylamine groups is 2. The predicted octanol–water partition coefficient (Wildman–Crippen LogP) is 8.20. The second-order valence-corrected chi connectivity index (χ2v) is 25.4. The summed E-state index contributed by atoms with van der Waals surface area (Å²) >= 11 is 0. The van der Waals surface area contributed by atoms with Gasteiger partial charge in [0.15, 0.2) is 31.0 Å². The first kappa shape index (κ1) is 57.9. The fourth-order valence-electron chi connectivity index (χ4n) is 12.3. The van der Waals surface area contributed by atoms with E-state index in [9.17, 15) is 26.4 Å². The van der Waals surface area contributed by atoms with Gasteiger partial charge in [0.2, 0.25) is 0 Å². The summed E-state index contributed by atoms with van der Waals surface area (Å²) in [5.41, 5.74) is 26.3. The number of benzene rings is 3. The van der Waals surface area contributed by atoms with E-state index in [1.165, 1.54) is 29.5 Å². The third-order valence-electron chi connectivity index (χ3n) is 15.9. The van der Waals surface area contributed by atoms with Crippen LogP contribution in [0.2, 0.25) is 0 Å². The van der Waals surface area contributed by atoms with Gasteiger partial charge in [-0.15, -0.1) is 0 Å². The molecular formula is C60H64N14O9S2. The number of rotatable bonds is 11. The van der Waals surface area contributed by atoms with Crippen LogP contribution >= 0.6 is 0 Å². The number of aromatic nitrogens is 8. The van der Waals surface area contributed by atoms with Crippen molar-refractivity contribution in [1.29, 1.82) is 0 Å². The summed E-state index contributed by atoms with van der Waals surface area (Å²) in [5, 5.41) is 12.4. The molecule has 25 heteroatoms. The number of urea groups is 1. The lowest BCUT2D eigenvalue weighted by molar-refractivity contribution is 0.0650. The van der Waals surface area contributed by atoms with Crippen molar-refractivity contribution in [3.05, 3.63) is 151 Å². The van der Waals surface area contributed by atoms with Crippen LogP contribution in [0, 0.1) is 0 Å². The molecule has 440 valence electrons. The highest BCUT2D eigenvalue weighted by Gasteiger charge is 2.46. The molecule has 23 nitrogen and oxygen atoms in total. The van der Waals surface area contributed by atoms with E-state index in [1.54, 1.807) is 49.1 Å². The van der Waals surface area contributed by atoms with Gasteiger partial charge in [0.05, 0.1) is 49.4 Å². The fraction of sp³-hybridized carbons (Fsp3) is 0.300. The zero-order valence-electron chi connectivity index (χ0n) is 47.1. The van der Waals surface area contributed by atoms with Crippen LogP contribution in [0.5, 0.6) is 5.75 Å². The number of amides is 3. The number of carbonyl (C=O) groups is 2. The van der Waals surface area contributed by atoms with E-state index in [4.69, 9.17) is 31.0 Å². The highest BCUT2D eigenvalue weighted by molar-refractivity contribution is 7.91. The molecule has 4 bridgehead atoms. The van der Waals surface area contributed by atoms with Crippen molar-refractivity contribution in [3.8, 4) is 50.5 Å². The molecule has 0 aliphatic carbocycles. The summed E-state index contributed by atoms with van der Waals surface area (Å²) < 4.78 is 59.2. The molecule has 0 saturated carbocycles. The van der Waals surface area contributed by atoms with Gasteiger partial charge in [-0.05, 0) is 75.6 Å². The molecule has 3 amide bonds. The number of fused-ring (bicyclic) bond motifs is 6. The van der Waals surface area contributed by atoms with Crippen molar-refractivity contribution in [2.24, 2.45) is 0 Å². The Morgan fingerprint density at radius 2 is 0.988 bits per heavy atom. The van der Waals surface area contributed by atoms with Gasteiger partial charge >= 0.3 is 12.1 Å². The quantitative estimate of drug-likeness (QED) is 0.0762. The maximum atomic E-state index is 13.0. The zero-order chi connectivity index (χ0) is 59.6. The largest absolute Gasteiger partial charge is 0.436 e. The van der Waals surface area contributed by atoms with E-state index >= 15 is 0 Å². The minimum atomic E-state index is -3.72. The molecule has 4 aliphatic heterocycles. The Balaban J connectivity index is 0.000000149. The Hall–Kier alpha value is -8.88. The molecule has 4 saturated heterocycles.